The fourth-order valence-corrected chi connectivity index (χ4v) is 6.14. The van der Waals surface area contributed by atoms with Gasteiger partial charge in [-0.3, -0.25) is 4.79 Å². The van der Waals surface area contributed by atoms with Crippen LogP contribution in [-0.4, -0.2) is 54.3 Å². The first kappa shape index (κ1) is 24.3. The van der Waals surface area contributed by atoms with Crippen LogP contribution in [0.4, 0.5) is 10.5 Å². The molecular formula is C23H32N4O4S2. The molecule has 0 aliphatic carbocycles. The van der Waals surface area contributed by atoms with Gasteiger partial charge >= 0.3 is 6.03 Å². The lowest BCUT2D eigenvalue weighted by atomic mass is 10.0. The predicted molar refractivity (Wildman–Crippen MR) is 132 cm³/mol. The molecule has 180 valence electrons. The van der Waals surface area contributed by atoms with Gasteiger partial charge in [-0.05, 0) is 44.4 Å². The Kier molecular flexibility index (Phi) is 8.82. The van der Waals surface area contributed by atoms with Gasteiger partial charge in [0.25, 0.3) is 0 Å². The number of ether oxygens (including phenoxy) is 2. The summed E-state index contributed by atoms with van der Waals surface area (Å²) in [4.78, 5) is 28.3. The number of nitrogens with one attached hydrogen (secondary N) is 3. The van der Waals surface area contributed by atoms with Crippen LogP contribution in [0, 0.1) is 0 Å². The summed E-state index contributed by atoms with van der Waals surface area (Å²) in [5, 5.41) is 8.80. The summed E-state index contributed by atoms with van der Waals surface area (Å²) in [6.45, 7) is 3.57. The highest BCUT2D eigenvalue weighted by atomic mass is 32.2. The molecule has 8 nitrogen and oxygen atoms in total. The van der Waals surface area contributed by atoms with E-state index in [1.54, 1.807) is 23.1 Å². The molecule has 0 spiro atoms. The van der Waals surface area contributed by atoms with E-state index in [-0.39, 0.29) is 30.3 Å². The first-order valence-electron chi connectivity index (χ1n) is 11.7. The second-order valence-corrected chi connectivity index (χ2v) is 10.9. The average molecular weight is 493 g/mol. The van der Waals surface area contributed by atoms with Crippen LogP contribution in [-0.2, 0) is 14.3 Å². The van der Waals surface area contributed by atoms with Gasteiger partial charge in [0.1, 0.15) is 0 Å². The molecule has 3 amide bonds. The molecule has 1 aromatic heterocycles. The van der Waals surface area contributed by atoms with Crippen LogP contribution in [0.1, 0.15) is 51.9 Å². The van der Waals surface area contributed by atoms with Crippen LogP contribution in [0.2, 0.25) is 0 Å². The third kappa shape index (κ3) is 7.30. The number of nitrogens with zero attached hydrogens (tertiary/aromatic N) is 1. The predicted octanol–water partition coefficient (Wildman–Crippen LogP) is 4.50. The monoisotopic (exact) mass is 492 g/mol. The minimum atomic E-state index is -0.0911. The second-order valence-electron chi connectivity index (χ2n) is 8.48. The van der Waals surface area contributed by atoms with Gasteiger partial charge in [-0.25, -0.2) is 9.78 Å². The van der Waals surface area contributed by atoms with Crippen molar-refractivity contribution in [3.8, 4) is 0 Å². The van der Waals surface area contributed by atoms with Gasteiger partial charge in [-0.2, -0.15) is 0 Å². The maximum Gasteiger partial charge on any atom is 0.315 e. The van der Waals surface area contributed by atoms with Gasteiger partial charge in [-0.15, -0.1) is 11.3 Å². The number of thioether (sulfide) groups is 1. The van der Waals surface area contributed by atoms with Gasteiger partial charge < -0.3 is 25.4 Å². The number of thiazole rings is 1. The van der Waals surface area contributed by atoms with Crippen molar-refractivity contribution in [3.05, 3.63) is 18.2 Å². The smallest absolute Gasteiger partial charge is 0.315 e. The molecule has 10 heteroatoms. The van der Waals surface area contributed by atoms with Gasteiger partial charge in [0, 0.05) is 30.3 Å². The minimum Gasteiger partial charge on any atom is -0.353 e. The summed E-state index contributed by atoms with van der Waals surface area (Å²) < 4.78 is 13.3. The molecule has 2 aliphatic rings. The molecule has 0 bridgehead atoms. The van der Waals surface area contributed by atoms with E-state index in [0.717, 1.165) is 77.7 Å². The van der Waals surface area contributed by atoms with Crippen molar-refractivity contribution in [1.82, 2.24) is 15.6 Å². The van der Waals surface area contributed by atoms with Crippen molar-refractivity contribution in [3.63, 3.8) is 0 Å². The Balaban J connectivity index is 1.16. The zero-order valence-corrected chi connectivity index (χ0v) is 20.6. The van der Waals surface area contributed by atoms with Crippen molar-refractivity contribution in [2.45, 2.75) is 74.6 Å². The standard InChI is InChI=1S/C23H32N4O4S2/c1-15-17(26-22(29)24-15)6-3-2-4-7-20(28)25-16-8-9-18-19(14-16)33-23(27-18)32-13-10-21-30-11-5-12-31-21/h8-9,14-15,17,21H,2-7,10-13H2,1H3,(H,25,28)(H2,24,26,29). The molecule has 4 rings (SSSR count). The lowest BCUT2D eigenvalue weighted by Gasteiger charge is -2.22. The van der Waals surface area contributed by atoms with Crippen LogP contribution < -0.4 is 16.0 Å². The number of unbranched alkanes of at least 4 members (excludes halogenated alkanes) is 2. The van der Waals surface area contributed by atoms with Gasteiger partial charge in [0.2, 0.25) is 5.91 Å². The van der Waals surface area contributed by atoms with Gasteiger partial charge in [0.05, 0.1) is 29.5 Å². The lowest BCUT2D eigenvalue weighted by molar-refractivity contribution is -0.178. The molecule has 0 radical (unpaired) electrons. The maximum absolute atomic E-state index is 12.3. The molecule has 3 N–H and O–H groups in total. The number of amides is 3. The molecule has 1 aromatic carbocycles. The fraction of sp³-hybridized carbons (Fsp3) is 0.609. The maximum atomic E-state index is 12.3. The number of carbonyl (C=O) groups is 2. The Morgan fingerprint density at radius 3 is 2.85 bits per heavy atom. The molecular weight excluding hydrogens is 460 g/mol. The zero-order chi connectivity index (χ0) is 23.0. The third-order valence-electron chi connectivity index (χ3n) is 5.83. The summed E-state index contributed by atoms with van der Waals surface area (Å²) in [5.74, 6) is 0.932. The van der Waals surface area contributed by atoms with Crippen molar-refractivity contribution < 1.29 is 19.1 Å². The summed E-state index contributed by atoms with van der Waals surface area (Å²) in [7, 11) is 0. The molecule has 2 fully saturated rings. The largest absolute Gasteiger partial charge is 0.353 e. The highest BCUT2D eigenvalue weighted by Gasteiger charge is 2.26. The zero-order valence-electron chi connectivity index (χ0n) is 18.9. The Bertz CT molecular complexity index is 948. The number of carbonyl (C=O) groups excluding carboxylic acids is 2. The van der Waals surface area contributed by atoms with E-state index < -0.39 is 0 Å². The minimum absolute atomic E-state index is 0.0325. The number of fused-ring (bicyclic) bond motifs is 1. The summed E-state index contributed by atoms with van der Waals surface area (Å²) in [6.07, 6.45) is 5.97. The quantitative estimate of drug-likeness (QED) is 0.315. The van der Waals surface area contributed by atoms with Crippen molar-refractivity contribution in [2.24, 2.45) is 0 Å². The Morgan fingerprint density at radius 2 is 2.06 bits per heavy atom. The van der Waals surface area contributed by atoms with Gasteiger partial charge in [0.15, 0.2) is 10.6 Å². The molecule has 2 aromatic rings. The Hall–Kier alpha value is -1.88. The van der Waals surface area contributed by atoms with Crippen molar-refractivity contribution in [1.29, 1.82) is 0 Å². The van der Waals surface area contributed by atoms with Crippen LogP contribution in [0.15, 0.2) is 22.5 Å². The molecule has 33 heavy (non-hydrogen) atoms. The van der Waals surface area contributed by atoms with E-state index in [1.165, 1.54) is 0 Å². The van der Waals surface area contributed by atoms with E-state index in [9.17, 15) is 9.59 Å². The topological polar surface area (TPSA) is 102 Å². The van der Waals surface area contributed by atoms with E-state index in [1.807, 2.05) is 25.1 Å². The average Bonchev–Trinajstić information content (AvgIpc) is 3.35. The molecule has 2 unspecified atom stereocenters. The van der Waals surface area contributed by atoms with Crippen LogP contribution in [0.3, 0.4) is 0 Å². The number of hydrogen-bond donors (Lipinski definition) is 3. The van der Waals surface area contributed by atoms with Crippen molar-refractivity contribution >= 4 is 50.9 Å². The van der Waals surface area contributed by atoms with E-state index in [2.05, 4.69) is 20.9 Å². The number of hydrogen-bond acceptors (Lipinski definition) is 7. The summed E-state index contributed by atoms with van der Waals surface area (Å²) in [6, 6.07) is 6.15. The lowest BCUT2D eigenvalue weighted by Crippen LogP contribution is -2.30. The highest BCUT2D eigenvalue weighted by molar-refractivity contribution is 8.01. The molecule has 2 aliphatic heterocycles. The Morgan fingerprint density at radius 1 is 1.21 bits per heavy atom. The van der Waals surface area contributed by atoms with Crippen LogP contribution >= 0.6 is 23.1 Å². The van der Waals surface area contributed by atoms with Crippen molar-refractivity contribution in [2.75, 3.05) is 24.3 Å². The van der Waals surface area contributed by atoms with E-state index in [0.29, 0.717) is 6.42 Å². The summed E-state index contributed by atoms with van der Waals surface area (Å²) >= 11 is 3.36. The molecule has 2 saturated heterocycles. The number of aromatic nitrogens is 1. The third-order valence-corrected chi connectivity index (χ3v) is 8.02. The Labute approximate surface area is 202 Å². The summed E-state index contributed by atoms with van der Waals surface area (Å²) in [5.41, 5.74) is 1.76. The fourth-order valence-electron chi connectivity index (χ4n) is 4.00. The number of anilines is 1. The first-order chi connectivity index (χ1) is 16.1. The highest BCUT2D eigenvalue weighted by Crippen LogP contribution is 2.32. The number of rotatable bonds is 11. The van der Waals surface area contributed by atoms with Crippen LogP contribution in [0.25, 0.3) is 10.2 Å². The second kappa shape index (κ2) is 12.0. The van der Waals surface area contributed by atoms with E-state index >= 15 is 0 Å². The number of urea groups is 1. The molecule has 0 saturated carbocycles. The van der Waals surface area contributed by atoms with Crippen LogP contribution in [0.5, 0.6) is 0 Å². The number of benzene rings is 1. The normalized spacial score (nSPS) is 21.2. The molecule has 2 atom stereocenters. The van der Waals surface area contributed by atoms with Gasteiger partial charge in [-0.1, -0.05) is 24.6 Å². The first-order valence-corrected chi connectivity index (χ1v) is 13.5. The molecule has 3 heterocycles. The van der Waals surface area contributed by atoms with E-state index in [4.69, 9.17) is 9.47 Å². The SMILES string of the molecule is CC1NC(=O)NC1CCCCCC(=O)Nc1ccc2nc(SCCC3OCCCO3)sc2c1.